The maximum atomic E-state index is 12.7. The Morgan fingerprint density at radius 2 is 1.54 bits per heavy atom. The van der Waals surface area contributed by atoms with Gasteiger partial charge in [-0.05, 0) is 13.3 Å². The van der Waals surface area contributed by atoms with Crippen LogP contribution in [0.25, 0.3) is 0 Å². The first-order chi connectivity index (χ1) is 11.3. The minimum absolute atomic E-state index is 0.234. The van der Waals surface area contributed by atoms with Crippen molar-refractivity contribution in [1.29, 1.82) is 0 Å². The van der Waals surface area contributed by atoms with E-state index in [4.69, 9.17) is 56.0 Å². The highest BCUT2D eigenvalue weighted by atomic mass is 35.5. The highest BCUT2D eigenvalue weighted by Crippen LogP contribution is 2.75. The average Bonchev–Trinajstić information content (AvgIpc) is 3.25. The summed E-state index contributed by atoms with van der Waals surface area (Å²) in [6.07, 6.45) is -0.601. The fourth-order valence-electron chi connectivity index (χ4n) is 5.52. The van der Waals surface area contributed by atoms with Crippen LogP contribution in [0, 0.1) is 23.7 Å². The largest absolute Gasteiger partial charge is 0.373 e. The number of hydrogen-bond donors (Lipinski definition) is 0. The highest BCUT2D eigenvalue weighted by molar-refractivity contribution is 6.51. The van der Waals surface area contributed by atoms with E-state index in [2.05, 4.69) is 0 Å². The lowest BCUT2D eigenvalue weighted by Gasteiger charge is -2.40. The second-order valence-electron chi connectivity index (χ2n) is 7.09. The van der Waals surface area contributed by atoms with Crippen molar-refractivity contribution in [2.45, 2.75) is 35.3 Å². The fraction of sp³-hybridized carbons (Fsp3) is 0.733. The summed E-state index contributed by atoms with van der Waals surface area (Å²) in [5.41, 5.74) is 0. The predicted molar refractivity (Wildman–Crippen MR) is 86.6 cm³/mol. The highest BCUT2D eigenvalue weighted by Gasteiger charge is 2.82. The van der Waals surface area contributed by atoms with E-state index in [1.54, 1.807) is 6.92 Å². The molecule has 5 rings (SSSR count). The molecule has 0 aromatic rings. The second-order valence-corrected chi connectivity index (χ2v) is 9.19. The maximum absolute atomic E-state index is 12.7. The van der Waals surface area contributed by atoms with Gasteiger partial charge in [-0.15, -0.1) is 23.2 Å². The molecule has 3 saturated heterocycles. The summed E-state index contributed by atoms with van der Waals surface area (Å²) >= 11 is 26.4. The maximum Gasteiger partial charge on any atom is 0.260 e. The smallest absolute Gasteiger partial charge is 0.260 e. The molecule has 0 radical (unpaired) electrons. The normalized spacial score (nSPS) is 54.3. The van der Waals surface area contributed by atoms with Crippen molar-refractivity contribution < 1.29 is 19.2 Å². The van der Waals surface area contributed by atoms with Gasteiger partial charge in [-0.2, -0.15) is 5.06 Å². The van der Waals surface area contributed by atoms with Gasteiger partial charge in [0.25, 0.3) is 11.8 Å². The molecule has 9 heteroatoms. The number of halogens is 4. The van der Waals surface area contributed by atoms with Crippen molar-refractivity contribution in [2.24, 2.45) is 23.7 Å². The van der Waals surface area contributed by atoms with Crippen LogP contribution in [0.5, 0.6) is 0 Å². The monoisotopic (exact) mass is 411 g/mol. The molecule has 3 heterocycles. The van der Waals surface area contributed by atoms with Gasteiger partial charge in [0.05, 0.1) is 50.5 Å². The van der Waals surface area contributed by atoms with E-state index in [0.717, 1.165) is 5.06 Å². The Labute approximate surface area is 158 Å². The number of ether oxygens (including phenoxy) is 1. The van der Waals surface area contributed by atoms with Crippen molar-refractivity contribution in [1.82, 2.24) is 5.06 Å². The van der Waals surface area contributed by atoms with Crippen molar-refractivity contribution in [2.75, 3.05) is 6.61 Å². The molecule has 3 aliphatic heterocycles. The summed E-state index contributed by atoms with van der Waals surface area (Å²) < 4.78 is 6.04. The number of amides is 2. The molecule has 5 aliphatic rings. The minimum atomic E-state index is -0.933. The fourth-order valence-corrected chi connectivity index (χ4v) is 7.54. The van der Waals surface area contributed by atoms with Crippen LogP contribution in [0.1, 0.15) is 13.3 Å². The lowest BCUT2D eigenvalue weighted by molar-refractivity contribution is -0.191. The van der Waals surface area contributed by atoms with Crippen LogP contribution >= 0.6 is 46.4 Å². The third kappa shape index (κ3) is 1.47. The standard InChI is InChI=1S/C15H13Cl4NO4/c1-2-23-20-12(21)4-5(13(20)22)9-7-6(8(4)24-9)14(18)3-15(7,19)11(17)10(14)16/h4-9H,2-3H2,1H3/t4-,5-,6+,7+,8-,9-,14-,15-/m1/s1. The van der Waals surface area contributed by atoms with Gasteiger partial charge in [-0.25, -0.2) is 0 Å². The summed E-state index contributed by atoms with van der Waals surface area (Å²) in [5, 5.41) is 1.56. The first-order valence-electron chi connectivity index (χ1n) is 7.87. The number of fused-ring (bicyclic) bond motifs is 12. The number of carbonyl (C=O) groups is 2. The third-order valence-corrected chi connectivity index (χ3v) is 8.72. The Hall–Kier alpha value is -0.0400. The van der Waals surface area contributed by atoms with E-state index in [0.29, 0.717) is 16.5 Å². The Kier molecular flexibility index (Phi) is 3.11. The van der Waals surface area contributed by atoms with Crippen LogP contribution in [0.2, 0.25) is 0 Å². The van der Waals surface area contributed by atoms with Crippen LogP contribution in [0.4, 0.5) is 0 Å². The lowest BCUT2D eigenvalue weighted by Crippen LogP contribution is -2.50. The Balaban J connectivity index is 1.61. The SMILES string of the molecule is CCON1C(=O)[C@H]2[C@H]3O[C@H]([C@@H]2C1=O)[C@@H]1[C@@H]3[C@]2(Cl)C[C@]1(Cl)C(Cl)=C2Cl. The zero-order valence-electron chi connectivity index (χ0n) is 12.5. The summed E-state index contributed by atoms with van der Waals surface area (Å²) in [6, 6.07) is 0. The molecule has 24 heavy (non-hydrogen) atoms. The van der Waals surface area contributed by atoms with E-state index < -0.39 is 33.8 Å². The molecule has 2 aliphatic carbocycles. The molecule has 0 aromatic heterocycles. The van der Waals surface area contributed by atoms with Gasteiger partial charge in [-0.3, -0.25) is 14.4 Å². The van der Waals surface area contributed by atoms with Crippen LogP contribution in [0.3, 0.4) is 0 Å². The molecule has 8 atom stereocenters. The molecule has 1 saturated carbocycles. The summed E-state index contributed by atoms with van der Waals surface area (Å²) in [6.45, 7) is 1.96. The van der Waals surface area contributed by atoms with Crippen LogP contribution in [-0.2, 0) is 19.2 Å². The van der Waals surface area contributed by atoms with Crippen LogP contribution in [-0.4, -0.2) is 45.4 Å². The first kappa shape index (κ1) is 16.2. The van der Waals surface area contributed by atoms with Gasteiger partial charge in [0.2, 0.25) is 0 Å². The summed E-state index contributed by atoms with van der Waals surface area (Å²) in [7, 11) is 0. The van der Waals surface area contributed by atoms with Gasteiger partial charge in [0.15, 0.2) is 0 Å². The quantitative estimate of drug-likeness (QED) is 0.516. The summed E-state index contributed by atoms with van der Waals surface area (Å²) in [5.74, 6) is -2.39. The molecule has 0 aromatic carbocycles. The molecule has 0 N–H and O–H groups in total. The number of rotatable bonds is 2. The molecule has 5 nitrogen and oxygen atoms in total. The molecule has 0 spiro atoms. The summed E-state index contributed by atoms with van der Waals surface area (Å²) in [4.78, 5) is 28.7. The van der Waals surface area contributed by atoms with E-state index in [1.807, 2.05) is 0 Å². The van der Waals surface area contributed by atoms with E-state index in [1.165, 1.54) is 0 Å². The third-order valence-electron chi connectivity index (χ3n) is 6.23. The predicted octanol–water partition coefficient (Wildman–Crippen LogP) is 2.61. The molecular formula is C15H13Cl4NO4. The average molecular weight is 413 g/mol. The number of imide groups is 1. The topological polar surface area (TPSA) is 55.8 Å². The molecule has 0 unspecified atom stereocenters. The Bertz CT molecular complexity index is 674. The van der Waals surface area contributed by atoms with Crippen LogP contribution in [0.15, 0.2) is 10.1 Å². The van der Waals surface area contributed by atoms with Crippen molar-refractivity contribution in [3.8, 4) is 0 Å². The number of carbonyl (C=O) groups excluding carboxylic acids is 2. The minimum Gasteiger partial charge on any atom is -0.373 e. The molecule has 2 amide bonds. The van der Waals surface area contributed by atoms with Crippen molar-refractivity contribution in [3.63, 3.8) is 0 Å². The molecule has 130 valence electrons. The molecular weight excluding hydrogens is 400 g/mol. The zero-order valence-corrected chi connectivity index (χ0v) is 15.5. The Morgan fingerprint density at radius 1 is 1.08 bits per heavy atom. The van der Waals surface area contributed by atoms with Gasteiger partial charge in [0.1, 0.15) is 0 Å². The number of nitrogens with zero attached hydrogens (tertiary/aromatic N) is 1. The van der Waals surface area contributed by atoms with Crippen molar-refractivity contribution in [3.05, 3.63) is 10.1 Å². The van der Waals surface area contributed by atoms with E-state index >= 15 is 0 Å². The molecule has 4 bridgehead atoms. The van der Waals surface area contributed by atoms with Gasteiger partial charge < -0.3 is 4.74 Å². The van der Waals surface area contributed by atoms with Crippen LogP contribution < -0.4 is 0 Å². The second kappa shape index (κ2) is 4.62. The number of hydrogen-bond acceptors (Lipinski definition) is 4. The lowest BCUT2D eigenvalue weighted by atomic mass is 9.65. The van der Waals surface area contributed by atoms with E-state index in [-0.39, 0.29) is 30.3 Å². The van der Waals surface area contributed by atoms with Crippen molar-refractivity contribution >= 4 is 58.2 Å². The Morgan fingerprint density at radius 3 is 1.96 bits per heavy atom. The zero-order chi connectivity index (χ0) is 17.2. The van der Waals surface area contributed by atoms with Gasteiger partial charge in [0, 0.05) is 11.8 Å². The number of allylic oxidation sites excluding steroid dienone is 2. The first-order valence-corrected chi connectivity index (χ1v) is 9.38. The van der Waals surface area contributed by atoms with Gasteiger partial charge in [-0.1, -0.05) is 23.2 Å². The van der Waals surface area contributed by atoms with Gasteiger partial charge >= 0.3 is 0 Å². The number of alkyl halides is 2. The van der Waals surface area contributed by atoms with E-state index in [9.17, 15) is 9.59 Å². The molecule has 4 fully saturated rings. The number of hydroxylamine groups is 2.